The Balaban J connectivity index is 1.81. The highest BCUT2D eigenvalue weighted by atomic mass is 19.3. The molecule has 0 aromatic heterocycles. The van der Waals surface area contributed by atoms with Gasteiger partial charge >= 0.3 is 6.08 Å². The fraction of sp³-hybridized carbons (Fsp3) is 0.391. The van der Waals surface area contributed by atoms with Crippen LogP contribution in [0.4, 0.5) is 8.78 Å². The lowest BCUT2D eigenvalue weighted by Gasteiger charge is -2.42. The maximum Gasteiger partial charge on any atom is 0.310 e. The number of rotatable bonds is 7. The highest BCUT2D eigenvalue weighted by Crippen LogP contribution is 2.36. The van der Waals surface area contributed by atoms with E-state index in [1.807, 2.05) is 74.5 Å². The number of halogens is 2. The summed E-state index contributed by atoms with van der Waals surface area (Å²) in [4.78, 5) is 0. The van der Waals surface area contributed by atoms with E-state index in [9.17, 15) is 8.78 Å². The van der Waals surface area contributed by atoms with Gasteiger partial charge in [-0.1, -0.05) is 74.5 Å². The Morgan fingerprint density at radius 1 is 0.893 bits per heavy atom. The standard InChI is InChI=1S/C23H26F2O3/c1-3-19-16(2)20(26-14-17-10-6-4-7-11-17)21(22(28-19)23(24)25)27-15-18-12-8-5-9-13-18/h4-13,16,19-21H,3,14-15H2,1-2H3/t16-,19+,20-,21+/m0/s1. The van der Waals surface area contributed by atoms with E-state index in [0.717, 1.165) is 11.1 Å². The molecule has 4 atom stereocenters. The van der Waals surface area contributed by atoms with Gasteiger partial charge in [0.2, 0.25) is 0 Å². The molecule has 0 unspecified atom stereocenters. The van der Waals surface area contributed by atoms with Crippen molar-refractivity contribution in [1.82, 2.24) is 0 Å². The molecule has 0 radical (unpaired) electrons. The van der Waals surface area contributed by atoms with Crippen molar-refractivity contribution in [3.63, 3.8) is 0 Å². The lowest BCUT2D eigenvalue weighted by atomic mass is 9.88. The summed E-state index contributed by atoms with van der Waals surface area (Å²) in [5.41, 5.74) is 1.90. The molecule has 3 nitrogen and oxygen atoms in total. The summed E-state index contributed by atoms with van der Waals surface area (Å²) in [5.74, 6) is -0.489. The summed E-state index contributed by atoms with van der Waals surface area (Å²) in [5, 5.41) is 0. The van der Waals surface area contributed by atoms with Crippen molar-refractivity contribution in [2.45, 2.75) is 51.8 Å². The van der Waals surface area contributed by atoms with E-state index in [0.29, 0.717) is 13.0 Å². The van der Waals surface area contributed by atoms with Crippen LogP contribution in [0, 0.1) is 5.92 Å². The first kappa shape index (κ1) is 20.5. The number of hydrogen-bond donors (Lipinski definition) is 0. The van der Waals surface area contributed by atoms with E-state index in [1.54, 1.807) is 0 Å². The van der Waals surface area contributed by atoms with Crippen molar-refractivity contribution in [2.24, 2.45) is 5.92 Å². The highest BCUT2D eigenvalue weighted by molar-refractivity contribution is 5.16. The zero-order valence-electron chi connectivity index (χ0n) is 16.2. The van der Waals surface area contributed by atoms with Gasteiger partial charge < -0.3 is 14.2 Å². The van der Waals surface area contributed by atoms with Crippen LogP contribution in [-0.4, -0.2) is 18.3 Å². The van der Waals surface area contributed by atoms with Crippen LogP contribution in [0.25, 0.3) is 0 Å². The van der Waals surface area contributed by atoms with Crippen molar-refractivity contribution in [1.29, 1.82) is 0 Å². The van der Waals surface area contributed by atoms with Crippen LogP contribution < -0.4 is 0 Å². The lowest BCUT2D eigenvalue weighted by molar-refractivity contribution is -0.170. The largest absolute Gasteiger partial charge is 0.486 e. The average Bonchev–Trinajstić information content (AvgIpc) is 2.72. The third-order valence-electron chi connectivity index (χ3n) is 5.09. The first-order valence-corrected chi connectivity index (χ1v) is 9.63. The molecule has 5 heteroatoms. The minimum atomic E-state index is -1.85. The van der Waals surface area contributed by atoms with Gasteiger partial charge in [0.05, 0.1) is 19.3 Å². The molecule has 150 valence electrons. The van der Waals surface area contributed by atoms with Gasteiger partial charge in [-0.15, -0.1) is 0 Å². The Bertz CT molecular complexity index is 760. The zero-order valence-corrected chi connectivity index (χ0v) is 16.2. The summed E-state index contributed by atoms with van der Waals surface area (Å²) in [6.07, 6.45) is -3.05. The molecule has 1 fully saturated rings. The van der Waals surface area contributed by atoms with Crippen LogP contribution in [0.3, 0.4) is 0 Å². The topological polar surface area (TPSA) is 27.7 Å². The van der Waals surface area contributed by atoms with E-state index in [-0.39, 0.29) is 18.6 Å². The fourth-order valence-corrected chi connectivity index (χ4v) is 3.52. The van der Waals surface area contributed by atoms with E-state index in [1.165, 1.54) is 0 Å². The number of hydrogen-bond acceptors (Lipinski definition) is 3. The van der Waals surface area contributed by atoms with Gasteiger partial charge in [0.1, 0.15) is 12.2 Å². The maximum atomic E-state index is 13.7. The van der Waals surface area contributed by atoms with Crippen molar-refractivity contribution >= 4 is 0 Å². The molecule has 0 aliphatic carbocycles. The number of benzene rings is 2. The summed E-state index contributed by atoms with van der Waals surface area (Å²) in [6.45, 7) is 4.43. The fourth-order valence-electron chi connectivity index (χ4n) is 3.52. The SMILES string of the molecule is CC[C@H]1OC(=C(F)F)[C@H](OCc2ccccc2)[C@@H](OCc2ccccc2)[C@H]1C. The molecule has 1 aliphatic rings. The molecule has 1 aliphatic heterocycles. The third-order valence-corrected chi connectivity index (χ3v) is 5.09. The Labute approximate surface area is 164 Å². The van der Waals surface area contributed by atoms with Crippen LogP contribution in [0.2, 0.25) is 0 Å². The van der Waals surface area contributed by atoms with Crippen molar-refractivity contribution in [3.8, 4) is 0 Å². The monoisotopic (exact) mass is 388 g/mol. The Morgan fingerprint density at radius 2 is 1.43 bits per heavy atom. The normalized spacial score (nSPS) is 24.6. The molecule has 0 bridgehead atoms. The van der Waals surface area contributed by atoms with Crippen LogP contribution in [-0.2, 0) is 27.4 Å². The summed E-state index contributed by atoms with van der Waals surface area (Å²) in [6, 6.07) is 19.2. The second-order valence-electron chi connectivity index (χ2n) is 7.03. The minimum absolute atomic E-state index is 0.0856. The van der Waals surface area contributed by atoms with Gasteiger partial charge in [-0.3, -0.25) is 0 Å². The van der Waals surface area contributed by atoms with Crippen molar-refractivity contribution in [2.75, 3.05) is 0 Å². The molecule has 0 spiro atoms. The molecule has 1 heterocycles. The molecule has 2 aromatic rings. The van der Waals surface area contributed by atoms with Gasteiger partial charge in [-0.25, -0.2) is 0 Å². The van der Waals surface area contributed by atoms with E-state index >= 15 is 0 Å². The van der Waals surface area contributed by atoms with Gasteiger partial charge in [0.25, 0.3) is 0 Å². The minimum Gasteiger partial charge on any atom is -0.486 e. The highest BCUT2D eigenvalue weighted by Gasteiger charge is 2.44. The molecule has 28 heavy (non-hydrogen) atoms. The molecular formula is C23H26F2O3. The summed E-state index contributed by atoms with van der Waals surface area (Å²) < 4.78 is 45.0. The third kappa shape index (κ3) is 4.97. The first-order chi connectivity index (χ1) is 13.6. The van der Waals surface area contributed by atoms with E-state index in [2.05, 4.69) is 0 Å². The maximum absolute atomic E-state index is 13.7. The molecule has 0 amide bonds. The lowest BCUT2D eigenvalue weighted by Crippen LogP contribution is -2.49. The summed E-state index contributed by atoms with van der Waals surface area (Å²) in [7, 11) is 0. The van der Waals surface area contributed by atoms with Gasteiger partial charge in [0.15, 0.2) is 5.76 Å². The van der Waals surface area contributed by atoms with Crippen LogP contribution in [0.15, 0.2) is 72.5 Å². The van der Waals surface area contributed by atoms with Crippen molar-refractivity contribution in [3.05, 3.63) is 83.6 Å². The molecule has 0 saturated carbocycles. The Kier molecular flexibility index (Phi) is 7.18. The van der Waals surface area contributed by atoms with Crippen molar-refractivity contribution < 1.29 is 23.0 Å². The molecule has 0 N–H and O–H groups in total. The van der Waals surface area contributed by atoms with Gasteiger partial charge in [0, 0.05) is 5.92 Å². The van der Waals surface area contributed by atoms with Crippen LogP contribution in [0.5, 0.6) is 0 Å². The smallest absolute Gasteiger partial charge is 0.310 e. The second-order valence-corrected chi connectivity index (χ2v) is 7.03. The molecular weight excluding hydrogens is 362 g/mol. The zero-order chi connectivity index (χ0) is 19.9. The molecule has 1 saturated heterocycles. The second kappa shape index (κ2) is 9.80. The van der Waals surface area contributed by atoms with E-state index < -0.39 is 24.0 Å². The summed E-state index contributed by atoms with van der Waals surface area (Å²) >= 11 is 0. The predicted molar refractivity (Wildman–Crippen MR) is 104 cm³/mol. The molecule has 3 rings (SSSR count). The quantitative estimate of drug-likeness (QED) is 0.608. The number of ether oxygens (including phenoxy) is 3. The van der Waals surface area contributed by atoms with Crippen LogP contribution >= 0.6 is 0 Å². The Morgan fingerprint density at radius 3 is 1.93 bits per heavy atom. The van der Waals surface area contributed by atoms with Crippen LogP contribution in [0.1, 0.15) is 31.4 Å². The Hall–Kier alpha value is -2.24. The van der Waals surface area contributed by atoms with Gasteiger partial charge in [-0.05, 0) is 17.5 Å². The van der Waals surface area contributed by atoms with E-state index in [4.69, 9.17) is 14.2 Å². The van der Waals surface area contributed by atoms with Gasteiger partial charge in [-0.2, -0.15) is 8.78 Å². The predicted octanol–water partition coefficient (Wildman–Crippen LogP) is 5.71. The first-order valence-electron chi connectivity index (χ1n) is 9.63. The molecule has 2 aromatic carbocycles. The average molecular weight is 388 g/mol.